The number of nitrogens with zero attached hydrogens (tertiary/aromatic N) is 2. The molecule has 8 rings (SSSR count). The quantitative estimate of drug-likeness (QED) is 0.0810. The van der Waals surface area contributed by atoms with Crippen LogP contribution in [0.1, 0.15) is 107 Å². The van der Waals surface area contributed by atoms with E-state index in [-0.39, 0.29) is 62.0 Å². The summed E-state index contributed by atoms with van der Waals surface area (Å²) in [5, 5.41) is 6.49. The molecular weight excluding hydrogens is 988 g/mol. The molecule has 19 heteroatoms. The molecule has 0 bridgehead atoms. The molecule has 0 radical (unpaired) electrons. The lowest BCUT2D eigenvalue weighted by atomic mass is 9.95. The predicted octanol–water partition coefficient (Wildman–Crippen LogP) is 13.9. The number of ketones is 2. The van der Waals surface area contributed by atoms with Crippen LogP contribution in [0.15, 0.2) is 78.9 Å². The molecule has 2 N–H and O–H groups in total. The normalized spacial score (nSPS) is 15.0. The van der Waals surface area contributed by atoms with E-state index in [0.717, 1.165) is 47.7 Å². The molecule has 2 aliphatic rings. The van der Waals surface area contributed by atoms with E-state index in [9.17, 15) is 45.5 Å². The van der Waals surface area contributed by atoms with E-state index < -0.39 is 58.2 Å². The van der Waals surface area contributed by atoms with Gasteiger partial charge in [0.2, 0.25) is 0 Å². The Morgan fingerprint density at radius 1 is 0.507 bits per heavy atom. The molecule has 2 aliphatic carbocycles. The summed E-state index contributed by atoms with van der Waals surface area (Å²) in [5.74, 6) is -4.50. The number of para-hydroxylation sites is 1. The second-order valence-corrected chi connectivity index (χ2v) is 18.7. The molecule has 8 nitrogen and oxygen atoms in total. The number of halogens is 11. The van der Waals surface area contributed by atoms with Crippen LogP contribution in [0, 0.1) is 0 Å². The van der Waals surface area contributed by atoms with Gasteiger partial charge in [0.1, 0.15) is 11.4 Å². The van der Waals surface area contributed by atoms with Gasteiger partial charge in [0.15, 0.2) is 0 Å². The number of benzene rings is 4. The van der Waals surface area contributed by atoms with Crippen LogP contribution >= 0.6 is 58.0 Å². The van der Waals surface area contributed by atoms with Crippen molar-refractivity contribution in [2.45, 2.75) is 102 Å². The van der Waals surface area contributed by atoms with E-state index in [2.05, 4.69) is 10.6 Å². The van der Waals surface area contributed by atoms with Crippen molar-refractivity contribution in [3.8, 4) is 0 Å². The average Bonchev–Trinajstić information content (AvgIpc) is 3.78. The molecule has 2 saturated carbocycles. The van der Waals surface area contributed by atoms with Crippen molar-refractivity contribution in [1.82, 2.24) is 19.8 Å². The predicted molar refractivity (Wildman–Crippen MR) is 249 cm³/mol. The first-order valence-corrected chi connectivity index (χ1v) is 23.3. The molecule has 2 amide bonds. The zero-order valence-corrected chi connectivity index (χ0v) is 39.1. The number of fused-ring (bicyclic) bond motifs is 2. The first kappa shape index (κ1) is 50.2. The summed E-state index contributed by atoms with van der Waals surface area (Å²) in [5.41, 5.74) is -2.69. The molecule has 2 fully saturated rings. The van der Waals surface area contributed by atoms with Gasteiger partial charge in [-0.2, -0.15) is 26.3 Å². The Labute approximate surface area is 405 Å². The first-order chi connectivity index (χ1) is 31.7. The van der Waals surface area contributed by atoms with Gasteiger partial charge < -0.3 is 19.8 Å². The number of amides is 2. The number of nitrogens with one attached hydrogen (secondary N) is 2. The van der Waals surface area contributed by atoms with Gasteiger partial charge in [-0.1, -0.05) is 127 Å². The van der Waals surface area contributed by atoms with E-state index in [4.69, 9.17) is 58.0 Å². The molecule has 0 atom stereocenters. The molecule has 2 heterocycles. The van der Waals surface area contributed by atoms with Gasteiger partial charge in [-0.3, -0.25) is 19.2 Å². The van der Waals surface area contributed by atoms with E-state index in [1.807, 2.05) is 0 Å². The largest absolute Gasteiger partial charge is 0.432 e. The van der Waals surface area contributed by atoms with Crippen molar-refractivity contribution in [3.63, 3.8) is 0 Å². The molecule has 6 aromatic rings. The van der Waals surface area contributed by atoms with Gasteiger partial charge >= 0.3 is 12.4 Å². The lowest BCUT2D eigenvalue weighted by Crippen LogP contribution is -2.40. The summed E-state index contributed by atoms with van der Waals surface area (Å²) in [7, 11) is 0. The van der Waals surface area contributed by atoms with Crippen LogP contribution in [0.5, 0.6) is 0 Å². The van der Waals surface area contributed by atoms with Crippen LogP contribution in [0.3, 0.4) is 0 Å². The fourth-order valence-electron chi connectivity index (χ4n) is 8.87. The maximum atomic E-state index is 14.4. The van der Waals surface area contributed by atoms with Crippen molar-refractivity contribution < 1.29 is 45.5 Å². The van der Waals surface area contributed by atoms with E-state index in [0.29, 0.717) is 46.9 Å². The van der Waals surface area contributed by atoms with Crippen LogP contribution in [-0.2, 0) is 35.0 Å². The highest BCUT2D eigenvalue weighted by atomic mass is 35.5. The van der Waals surface area contributed by atoms with Crippen LogP contribution in [0.2, 0.25) is 25.1 Å². The topological polar surface area (TPSA) is 102 Å². The smallest absolute Gasteiger partial charge is 0.346 e. The molecule has 2 aromatic heterocycles. The highest BCUT2D eigenvalue weighted by Crippen LogP contribution is 2.42. The number of hydrogen-bond donors (Lipinski definition) is 2. The third-order valence-corrected chi connectivity index (χ3v) is 13.4. The minimum atomic E-state index is -4.93. The highest BCUT2D eigenvalue weighted by molar-refractivity contribution is 6.46. The van der Waals surface area contributed by atoms with Crippen molar-refractivity contribution >= 4 is 103 Å². The van der Waals surface area contributed by atoms with Gasteiger partial charge in [0.25, 0.3) is 23.4 Å². The van der Waals surface area contributed by atoms with Gasteiger partial charge in [0, 0.05) is 72.1 Å². The zero-order valence-electron chi connectivity index (χ0n) is 35.3. The van der Waals surface area contributed by atoms with E-state index >= 15 is 0 Å². The lowest BCUT2D eigenvalue weighted by Gasteiger charge is -2.22. The van der Waals surface area contributed by atoms with Gasteiger partial charge in [-0.05, 0) is 85.3 Å². The standard InChI is InChI=1S/C24H20Cl3F3N2O2.C24H21Cl2F3N2O2/c25-14-8-9-19-17(10-14)20(21(33)23(34)31-16-4-2-1-3-5-16)22(24(28,29)30)32(19)12-13-6-7-15(26)11-18(13)27;25-15-11-10-14(18(26)12-15)13-31-19-9-5-4-8-17(19)20(22(31)24(27,28)29)21(32)23(33)30-16-6-2-1-3-7-16/h6-11,16H,1-5,12H2,(H,31,34);4-5,8-12,16H,1-3,6-7,13H2,(H,30,33). The number of carbonyl (C=O) groups excluding carboxylic acids is 4. The van der Waals surface area contributed by atoms with Crippen molar-refractivity contribution in [1.29, 1.82) is 0 Å². The second kappa shape index (κ2) is 20.9. The Kier molecular flexibility index (Phi) is 15.6. The third kappa shape index (κ3) is 11.4. The van der Waals surface area contributed by atoms with Crippen LogP contribution in [-0.4, -0.2) is 44.6 Å². The second-order valence-electron chi connectivity index (χ2n) is 16.5. The molecule has 0 saturated heterocycles. The maximum absolute atomic E-state index is 14.4. The van der Waals surface area contributed by atoms with Crippen LogP contribution in [0.4, 0.5) is 26.3 Å². The van der Waals surface area contributed by atoms with Crippen molar-refractivity contribution in [3.05, 3.63) is 138 Å². The number of hydrogen-bond acceptors (Lipinski definition) is 4. The summed E-state index contributed by atoms with van der Waals surface area (Å²) >= 11 is 30.3. The van der Waals surface area contributed by atoms with Crippen LogP contribution in [0.25, 0.3) is 21.8 Å². The molecule has 354 valence electrons. The molecule has 0 spiro atoms. The van der Waals surface area contributed by atoms with Crippen molar-refractivity contribution in [2.75, 3.05) is 0 Å². The minimum absolute atomic E-state index is 0.0475. The van der Waals surface area contributed by atoms with E-state index in [1.165, 1.54) is 72.8 Å². The molecule has 67 heavy (non-hydrogen) atoms. The number of aromatic nitrogens is 2. The highest BCUT2D eigenvalue weighted by Gasteiger charge is 2.44. The van der Waals surface area contributed by atoms with E-state index in [1.54, 1.807) is 6.07 Å². The van der Waals surface area contributed by atoms with Gasteiger partial charge in [-0.15, -0.1) is 0 Å². The Morgan fingerprint density at radius 2 is 0.896 bits per heavy atom. The summed E-state index contributed by atoms with van der Waals surface area (Å²) in [4.78, 5) is 51.8. The average molecular weight is 1030 g/mol. The maximum Gasteiger partial charge on any atom is 0.432 e. The summed E-state index contributed by atoms with van der Waals surface area (Å²) in [6, 6.07) is 18.7. The summed E-state index contributed by atoms with van der Waals surface area (Å²) < 4.78 is 88.2. The Balaban J connectivity index is 0.000000199. The molecule has 0 unspecified atom stereocenters. The summed E-state index contributed by atoms with van der Waals surface area (Å²) in [6.07, 6.45) is -1.34. The number of Topliss-reactive ketones (excluding diaryl/α,β-unsaturated/α-hetero) is 2. The number of carbonyl (C=O) groups is 4. The Morgan fingerprint density at radius 3 is 1.33 bits per heavy atom. The monoisotopic (exact) mass is 1030 g/mol. The Hall–Kier alpha value is -4.73. The molecular formula is C48H41Cl5F6N4O4. The third-order valence-electron chi connectivity index (χ3n) is 12.0. The van der Waals surface area contributed by atoms with Gasteiger partial charge in [-0.25, -0.2) is 0 Å². The number of alkyl halides is 6. The lowest BCUT2D eigenvalue weighted by molar-refractivity contribution is -0.144. The van der Waals surface area contributed by atoms with Crippen molar-refractivity contribution in [2.24, 2.45) is 0 Å². The number of rotatable bonds is 10. The fourth-order valence-corrected chi connectivity index (χ4v) is 9.98. The minimum Gasteiger partial charge on any atom is -0.346 e. The molecule has 4 aromatic carbocycles. The SMILES string of the molecule is O=C(NC1CCCCC1)C(=O)c1c(C(F)(F)F)n(Cc2ccc(Cl)cc2Cl)c2ccc(Cl)cc12.O=C(NC1CCCCC1)C(=O)c1c(C(F)(F)F)n(Cc2ccc(Cl)cc2Cl)c2ccccc12. The zero-order chi connectivity index (χ0) is 48.4. The Bertz CT molecular complexity index is 2860. The first-order valence-electron chi connectivity index (χ1n) is 21.4. The summed E-state index contributed by atoms with van der Waals surface area (Å²) in [6.45, 7) is -0.538. The van der Waals surface area contributed by atoms with Gasteiger partial charge in [0.05, 0.1) is 11.1 Å². The molecule has 0 aliphatic heterocycles. The fraction of sp³-hybridized carbons (Fsp3) is 0.333. The van der Waals surface area contributed by atoms with Crippen LogP contribution < -0.4 is 10.6 Å².